The van der Waals surface area contributed by atoms with Crippen molar-refractivity contribution in [3.05, 3.63) is 23.9 Å². The number of nitrogen functional groups attached to an aromatic ring is 1. The highest BCUT2D eigenvalue weighted by atomic mass is 15.1. The lowest BCUT2D eigenvalue weighted by Gasteiger charge is -2.22. The molecule has 0 aliphatic rings. The van der Waals surface area contributed by atoms with Crippen molar-refractivity contribution in [2.75, 3.05) is 19.3 Å². The second kappa shape index (κ2) is 7.23. The van der Waals surface area contributed by atoms with Crippen LogP contribution in [0.15, 0.2) is 18.2 Å². The van der Waals surface area contributed by atoms with Crippen LogP contribution in [0.3, 0.4) is 0 Å². The SMILES string of the molecule is CC.CCN(C)C(C)c1cccc(N)n1. The fraction of sp³-hybridized carbons (Fsp3) is 0.583. The number of nitrogens with two attached hydrogens (primary N) is 1. The number of hydrogen-bond acceptors (Lipinski definition) is 3. The summed E-state index contributed by atoms with van der Waals surface area (Å²) < 4.78 is 0. The summed E-state index contributed by atoms with van der Waals surface area (Å²) in [5, 5.41) is 0. The molecule has 15 heavy (non-hydrogen) atoms. The van der Waals surface area contributed by atoms with Crippen LogP contribution in [-0.2, 0) is 0 Å². The Morgan fingerprint density at radius 3 is 2.47 bits per heavy atom. The molecule has 1 atom stereocenters. The lowest BCUT2D eigenvalue weighted by molar-refractivity contribution is 0.271. The summed E-state index contributed by atoms with van der Waals surface area (Å²) in [5.41, 5.74) is 6.64. The van der Waals surface area contributed by atoms with Gasteiger partial charge in [0.2, 0.25) is 0 Å². The first kappa shape index (κ1) is 13.9. The fourth-order valence-corrected chi connectivity index (χ4v) is 1.20. The average molecular weight is 209 g/mol. The van der Waals surface area contributed by atoms with E-state index in [1.54, 1.807) is 0 Å². The molecule has 0 radical (unpaired) electrons. The Bertz CT molecular complexity index is 273. The molecule has 0 saturated carbocycles. The van der Waals surface area contributed by atoms with Crippen molar-refractivity contribution in [2.45, 2.75) is 33.7 Å². The summed E-state index contributed by atoms with van der Waals surface area (Å²) in [7, 11) is 2.08. The van der Waals surface area contributed by atoms with E-state index in [2.05, 4.69) is 30.8 Å². The van der Waals surface area contributed by atoms with Gasteiger partial charge in [0.05, 0.1) is 5.69 Å². The zero-order valence-corrected chi connectivity index (χ0v) is 10.5. The van der Waals surface area contributed by atoms with Gasteiger partial charge in [-0.1, -0.05) is 26.8 Å². The number of pyridine rings is 1. The van der Waals surface area contributed by atoms with E-state index in [9.17, 15) is 0 Å². The Hall–Kier alpha value is -1.09. The molecule has 0 aliphatic heterocycles. The Morgan fingerprint density at radius 2 is 2.00 bits per heavy atom. The lowest BCUT2D eigenvalue weighted by atomic mass is 10.2. The molecule has 3 nitrogen and oxygen atoms in total. The molecule has 0 fully saturated rings. The number of nitrogens with zero attached hydrogens (tertiary/aromatic N) is 2. The molecule has 0 saturated heterocycles. The molecule has 0 amide bonds. The maximum atomic E-state index is 5.61. The molecule has 1 aromatic rings. The van der Waals surface area contributed by atoms with E-state index in [1.165, 1.54) is 0 Å². The predicted molar refractivity (Wildman–Crippen MR) is 66.7 cm³/mol. The van der Waals surface area contributed by atoms with Crippen LogP contribution in [0.2, 0.25) is 0 Å². The maximum Gasteiger partial charge on any atom is 0.123 e. The van der Waals surface area contributed by atoms with Crippen molar-refractivity contribution < 1.29 is 0 Å². The second-order valence-corrected chi connectivity index (χ2v) is 3.24. The van der Waals surface area contributed by atoms with Crippen molar-refractivity contribution in [1.29, 1.82) is 0 Å². The monoisotopic (exact) mass is 209 g/mol. The molecule has 0 spiro atoms. The first-order valence-electron chi connectivity index (χ1n) is 5.57. The molecule has 1 unspecified atom stereocenters. The van der Waals surface area contributed by atoms with Crippen LogP contribution in [0.5, 0.6) is 0 Å². The number of hydrogen-bond donors (Lipinski definition) is 1. The van der Waals surface area contributed by atoms with Crippen molar-refractivity contribution >= 4 is 5.82 Å². The summed E-state index contributed by atoms with van der Waals surface area (Å²) in [4.78, 5) is 6.50. The van der Waals surface area contributed by atoms with Gasteiger partial charge in [0, 0.05) is 6.04 Å². The molecule has 3 heteroatoms. The Labute approximate surface area is 93.3 Å². The van der Waals surface area contributed by atoms with Gasteiger partial charge in [-0.15, -0.1) is 0 Å². The van der Waals surface area contributed by atoms with Gasteiger partial charge in [-0.2, -0.15) is 0 Å². The van der Waals surface area contributed by atoms with Crippen LogP contribution in [-0.4, -0.2) is 23.5 Å². The van der Waals surface area contributed by atoms with Crippen LogP contribution in [0.4, 0.5) is 5.82 Å². The Balaban J connectivity index is 0.000000921. The molecule has 1 rings (SSSR count). The standard InChI is InChI=1S/C10H17N3.C2H6/c1-4-13(3)8(2)9-6-5-7-10(11)12-9;1-2/h5-8H,4H2,1-3H3,(H2,11,12);1-2H3. The van der Waals surface area contributed by atoms with E-state index < -0.39 is 0 Å². The molecule has 86 valence electrons. The molecule has 2 N–H and O–H groups in total. The maximum absolute atomic E-state index is 5.61. The molecule has 1 heterocycles. The number of rotatable bonds is 3. The van der Waals surface area contributed by atoms with Crippen LogP contribution in [0.25, 0.3) is 0 Å². The van der Waals surface area contributed by atoms with E-state index in [0.29, 0.717) is 11.9 Å². The largest absolute Gasteiger partial charge is 0.384 e. The van der Waals surface area contributed by atoms with Gasteiger partial charge in [0.15, 0.2) is 0 Å². The fourth-order valence-electron chi connectivity index (χ4n) is 1.20. The van der Waals surface area contributed by atoms with Gasteiger partial charge in [0.1, 0.15) is 5.82 Å². The van der Waals surface area contributed by atoms with Gasteiger partial charge < -0.3 is 5.73 Å². The number of anilines is 1. The topological polar surface area (TPSA) is 42.1 Å². The summed E-state index contributed by atoms with van der Waals surface area (Å²) in [6.07, 6.45) is 0. The van der Waals surface area contributed by atoms with E-state index in [-0.39, 0.29) is 0 Å². The zero-order valence-electron chi connectivity index (χ0n) is 10.5. The first-order chi connectivity index (χ1) is 7.15. The molecule has 1 aromatic heterocycles. The van der Waals surface area contributed by atoms with Crippen LogP contribution < -0.4 is 5.73 Å². The molecular formula is C12H23N3. The van der Waals surface area contributed by atoms with Crippen LogP contribution >= 0.6 is 0 Å². The van der Waals surface area contributed by atoms with E-state index >= 15 is 0 Å². The third-order valence-corrected chi connectivity index (χ3v) is 2.38. The first-order valence-corrected chi connectivity index (χ1v) is 5.57. The number of aromatic nitrogens is 1. The van der Waals surface area contributed by atoms with E-state index in [1.807, 2.05) is 32.0 Å². The Kier molecular flexibility index (Phi) is 6.71. The summed E-state index contributed by atoms with van der Waals surface area (Å²) in [6, 6.07) is 6.08. The zero-order chi connectivity index (χ0) is 11.8. The van der Waals surface area contributed by atoms with Crippen molar-refractivity contribution in [1.82, 2.24) is 9.88 Å². The minimum Gasteiger partial charge on any atom is -0.384 e. The molecule has 0 aliphatic carbocycles. The van der Waals surface area contributed by atoms with Gasteiger partial charge in [-0.05, 0) is 32.6 Å². The smallest absolute Gasteiger partial charge is 0.123 e. The predicted octanol–water partition coefficient (Wildman–Crippen LogP) is 2.70. The van der Waals surface area contributed by atoms with Crippen LogP contribution in [0, 0.1) is 0 Å². The highest BCUT2D eigenvalue weighted by Crippen LogP contribution is 2.16. The van der Waals surface area contributed by atoms with Gasteiger partial charge in [-0.25, -0.2) is 4.98 Å². The van der Waals surface area contributed by atoms with E-state index in [0.717, 1.165) is 12.2 Å². The van der Waals surface area contributed by atoms with Gasteiger partial charge >= 0.3 is 0 Å². The van der Waals surface area contributed by atoms with Crippen molar-refractivity contribution in [3.8, 4) is 0 Å². The lowest BCUT2D eigenvalue weighted by Crippen LogP contribution is -2.22. The van der Waals surface area contributed by atoms with Crippen molar-refractivity contribution in [3.63, 3.8) is 0 Å². The van der Waals surface area contributed by atoms with Crippen LogP contribution in [0.1, 0.15) is 39.4 Å². The minimum absolute atomic E-state index is 0.327. The molecule has 0 bridgehead atoms. The van der Waals surface area contributed by atoms with Gasteiger partial charge in [-0.3, -0.25) is 4.90 Å². The van der Waals surface area contributed by atoms with Gasteiger partial charge in [0.25, 0.3) is 0 Å². The third kappa shape index (κ3) is 4.30. The highest BCUT2D eigenvalue weighted by molar-refractivity contribution is 5.29. The summed E-state index contributed by atoms with van der Waals surface area (Å²) in [6.45, 7) is 9.27. The molecule has 0 aromatic carbocycles. The average Bonchev–Trinajstić information content (AvgIpc) is 2.29. The van der Waals surface area contributed by atoms with Crippen molar-refractivity contribution in [2.24, 2.45) is 0 Å². The minimum atomic E-state index is 0.327. The third-order valence-electron chi connectivity index (χ3n) is 2.38. The highest BCUT2D eigenvalue weighted by Gasteiger charge is 2.10. The normalized spacial score (nSPS) is 11.9. The molecular weight excluding hydrogens is 186 g/mol. The van der Waals surface area contributed by atoms with E-state index in [4.69, 9.17) is 5.73 Å². The summed E-state index contributed by atoms with van der Waals surface area (Å²) >= 11 is 0. The quantitative estimate of drug-likeness (QED) is 0.832. The summed E-state index contributed by atoms with van der Waals surface area (Å²) in [5.74, 6) is 0.592. The Morgan fingerprint density at radius 1 is 1.40 bits per heavy atom. The second-order valence-electron chi connectivity index (χ2n) is 3.24.